The number of nitrogens with two attached hydrogens (primary N) is 1. The minimum Gasteiger partial charge on any atom is -0.481 e. The van der Waals surface area contributed by atoms with E-state index in [1.165, 1.54) is 0 Å². The number of nitrogen functional groups attached to an aromatic ring is 1. The second-order valence-electron chi connectivity index (χ2n) is 7.64. The van der Waals surface area contributed by atoms with Gasteiger partial charge in [0.05, 0.1) is 12.8 Å². The van der Waals surface area contributed by atoms with E-state index in [-0.39, 0.29) is 17.5 Å². The zero-order chi connectivity index (χ0) is 19.8. The van der Waals surface area contributed by atoms with Crippen LogP contribution in [0.2, 0.25) is 0 Å². The molecule has 0 aromatic carbocycles. The van der Waals surface area contributed by atoms with Gasteiger partial charge in [0, 0.05) is 34.8 Å². The van der Waals surface area contributed by atoms with E-state index in [2.05, 4.69) is 21.9 Å². The molecule has 0 bridgehead atoms. The summed E-state index contributed by atoms with van der Waals surface area (Å²) in [5.41, 5.74) is 8.59. The van der Waals surface area contributed by atoms with Crippen LogP contribution in [0.4, 0.5) is 5.95 Å². The third kappa shape index (κ3) is 3.21. The van der Waals surface area contributed by atoms with Crippen molar-refractivity contribution in [1.82, 2.24) is 19.5 Å². The smallest absolute Gasteiger partial charge is 0.260 e. The van der Waals surface area contributed by atoms with Gasteiger partial charge in [0.2, 0.25) is 11.8 Å². The van der Waals surface area contributed by atoms with Crippen LogP contribution in [0.5, 0.6) is 5.88 Å². The molecule has 3 aromatic heterocycles. The Morgan fingerprint density at radius 1 is 1.18 bits per heavy atom. The predicted molar refractivity (Wildman–Crippen MR) is 109 cm³/mol. The highest BCUT2D eigenvalue weighted by Crippen LogP contribution is 2.34. The zero-order valence-electron chi connectivity index (χ0n) is 16.5. The van der Waals surface area contributed by atoms with E-state index >= 15 is 0 Å². The van der Waals surface area contributed by atoms with Gasteiger partial charge in [-0.1, -0.05) is 6.92 Å². The molecule has 0 saturated heterocycles. The van der Waals surface area contributed by atoms with Gasteiger partial charge < -0.3 is 10.5 Å². The van der Waals surface area contributed by atoms with Crippen molar-refractivity contribution in [1.29, 1.82) is 0 Å². The number of aromatic nitrogens is 4. The van der Waals surface area contributed by atoms with Gasteiger partial charge in [-0.15, -0.1) is 0 Å². The summed E-state index contributed by atoms with van der Waals surface area (Å²) < 4.78 is 6.98. The molecular formula is C21H25N5O2. The number of nitrogens with zero attached hydrogens (tertiary/aromatic N) is 4. The molecule has 0 atom stereocenters. The molecule has 1 saturated carbocycles. The van der Waals surface area contributed by atoms with Crippen LogP contribution in [-0.4, -0.2) is 26.6 Å². The van der Waals surface area contributed by atoms with Crippen LogP contribution in [0.1, 0.15) is 44.3 Å². The fourth-order valence-electron chi connectivity index (χ4n) is 4.08. The molecule has 3 aromatic rings. The SMILES string of the molecule is COc1ccc(-c2cc3c(C)nc(N)nc3n(C3CCC(C)CC3)c2=O)cn1. The number of hydrogen-bond donors (Lipinski definition) is 1. The van der Waals surface area contributed by atoms with E-state index in [1.54, 1.807) is 19.4 Å². The van der Waals surface area contributed by atoms with Gasteiger partial charge in [-0.25, -0.2) is 9.97 Å². The second kappa shape index (κ2) is 7.22. The lowest BCUT2D eigenvalue weighted by Gasteiger charge is -2.29. The van der Waals surface area contributed by atoms with E-state index in [0.29, 0.717) is 23.0 Å². The van der Waals surface area contributed by atoms with Gasteiger partial charge >= 0.3 is 0 Å². The van der Waals surface area contributed by atoms with Crippen molar-refractivity contribution in [2.45, 2.75) is 45.6 Å². The first kappa shape index (κ1) is 18.4. The van der Waals surface area contributed by atoms with Crippen molar-refractivity contribution in [3.63, 3.8) is 0 Å². The lowest BCUT2D eigenvalue weighted by Crippen LogP contribution is -2.30. The monoisotopic (exact) mass is 379 g/mol. The van der Waals surface area contributed by atoms with Gasteiger partial charge in [-0.3, -0.25) is 9.36 Å². The molecule has 1 aliphatic carbocycles. The normalized spacial score (nSPS) is 19.7. The number of fused-ring (bicyclic) bond motifs is 1. The molecule has 2 N–H and O–H groups in total. The van der Waals surface area contributed by atoms with Crippen LogP contribution in [0.15, 0.2) is 29.2 Å². The Balaban J connectivity index is 1.96. The summed E-state index contributed by atoms with van der Waals surface area (Å²) in [5, 5.41) is 0.846. The molecule has 7 nitrogen and oxygen atoms in total. The fourth-order valence-corrected chi connectivity index (χ4v) is 4.08. The van der Waals surface area contributed by atoms with Crippen molar-refractivity contribution in [3.8, 4) is 17.0 Å². The van der Waals surface area contributed by atoms with Crippen LogP contribution in [-0.2, 0) is 0 Å². The second-order valence-corrected chi connectivity index (χ2v) is 7.64. The first-order valence-electron chi connectivity index (χ1n) is 9.67. The van der Waals surface area contributed by atoms with E-state index in [0.717, 1.165) is 42.3 Å². The van der Waals surface area contributed by atoms with Crippen LogP contribution >= 0.6 is 0 Å². The highest BCUT2D eigenvalue weighted by Gasteiger charge is 2.25. The molecule has 1 fully saturated rings. The number of methoxy groups -OCH3 is 1. The lowest BCUT2D eigenvalue weighted by molar-refractivity contribution is 0.289. The lowest BCUT2D eigenvalue weighted by atomic mass is 9.87. The molecule has 0 aliphatic heterocycles. The van der Waals surface area contributed by atoms with Crippen molar-refractivity contribution >= 4 is 17.0 Å². The van der Waals surface area contributed by atoms with Crippen LogP contribution in [0.25, 0.3) is 22.2 Å². The molecule has 28 heavy (non-hydrogen) atoms. The Morgan fingerprint density at radius 2 is 1.93 bits per heavy atom. The third-order valence-electron chi connectivity index (χ3n) is 5.71. The maximum absolute atomic E-state index is 13.5. The Hall–Kier alpha value is -2.96. The zero-order valence-corrected chi connectivity index (χ0v) is 16.5. The summed E-state index contributed by atoms with van der Waals surface area (Å²) in [7, 11) is 1.57. The molecule has 0 radical (unpaired) electrons. The van der Waals surface area contributed by atoms with Gasteiger partial charge in [0.25, 0.3) is 5.56 Å². The number of hydrogen-bond acceptors (Lipinski definition) is 6. The molecular weight excluding hydrogens is 354 g/mol. The average Bonchev–Trinajstić information content (AvgIpc) is 2.69. The van der Waals surface area contributed by atoms with Crippen LogP contribution < -0.4 is 16.0 Å². The molecule has 0 amide bonds. The number of anilines is 1. The van der Waals surface area contributed by atoms with Crippen LogP contribution in [0, 0.1) is 12.8 Å². The molecule has 1 aliphatic rings. The van der Waals surface area contributed by atoms with E-state index < -0.39 is 0 Å². The quantitative estimate of drug-likeness (QED) is 0.748. The van der Waals surface area contributed by atoms with Crippen LogP contribution in [0.3, 0.4) is 0 Å². The molecule has 7 heteroatoms. The minimum atomic E-state index is -0.0588. The van der Waals surface area contributed by atoms with E-state index in [4.69, 9.17) is 10.5 Å². The van der Waals surface area contributed by atoms with Crippen molar-refractivity contribution in [2.24, 2.45) is 5.92 Å². The largest absolute Gasteiger partial charge is 0.481 e. The summed E-state index contributed by atoms with van der Waals surface area (Å²) in [6.45, 7) is 4.16. The maximum Gasteiger partial charge on any atom is 0.260 e. The molecule has 3 heterocycles. The molecule has 0 unspecified atom stereocenters. The molecule has 4 rings (SSSR count). The first-order valence-corrected chi connectivity index (χ1v) is 9.67. The van der Waals surface area contributed by atoms with Gasteiger partial charge in [-0.05, 0) is 50.7 Å². The summed E-state index contributed by atoms with van der Waals surface area (Å²) in [6.07, 6.45) is 5.80. The van der Waals surface area contributed by atoms with Crippen molar-refractivity contribution in [3.05, 3.63) is 40.4 Å². The van der Waals surface area contributed by atoms with E-state index in [9.17, 15) is 4.79 Å². The Labute approximate surface area is 163 Å². The Kier molecular flexibility index (Phi) is 4.75. The van der Waals surface area contributed by atoms with Crippen molar-refractivity contribution < 1.29 is 4.74 Å². The van der Waals surface area contributed by atoms with Gasteiger partial charge in [-0.2, -0.15) is 4.98 Å². The standard InChI is InChI=1S/C21H25N5O2/c1-12-4-7-15(8-5-12)26-19-16(13(2)24-21(22)25-19)10-17(20(26)27)14-6-9-18(28-3)23-11-14/h6,9-12,15H,4-5,7-8H2,1-3H3,(H2,22,24,25). The van der Waals surface area contributed by atoms with E-state index in [1.807, 2.05) is 23.6 Å². The molecule has 146 valence electrons. The highest BCUT2D eigenvalue weighted by atomic mass is 16.5. The summed E-state index contributed by atoms with van der Waals surface area (Å²) in [6, 6.07) is 5.59. The number of ether oxygens (including phenoxy) is 1. The Morgan fingerprint density at radius 3 is 2.57 bits per heavy atom. The molecule has 0 spiro atoms. The first-order chi connectivity index (χ1) is 13.5. The summed E-state index contributed by atoms with van der Waals surface area (Å²) in [5.74, 6) is 1.40. The van der Waals surface area contributed by atoms with Gasteiger partial charge in [0.15, 0.2) is 0 Å². The predicted octanol–water partition coefficient (Wildman–Crippen LogP) is 3.50. The maximum atomic E-state index is 13.5. The Bertz CT molecular complexity index is 1070. The van der Waals surface area contributed by atoms with Crippen molar-refractivity contribution in [2.75, 3.05) is 12.8 Å². The number of aryl methyl sites for hydroxylation is 1. The van der Waals surface area contributed by atoms with Gasteiger partial charge in [0.1, 0.15) is 5.65 Å². The fraction of sp³-hybridized carbons (Fsp3) is 0.429. The number of pyridine rings is 2. The minimum absolute atomic E-state index is 0.0588. The topological polar surface area (TPSA) is 95.9 Å². The number of rotatable bonds is 3. The highest BCUT2D eigenvalue weighted by molar-refractivity contribution is 5.84. The average molecular weight is 379 g/mol. The third-order valence-corrected chi connectivity index (χ3v) is 5.71. The summed E-state index contributed by atoms with van der Waals surface area (Å²) in [4.78, 5) is 26.6. The summed E-state index contributed by atoms with van der Waals surface area (Å²) >= 11 is 0.